The molecule has 23 heavy (non-hydrogen) atoms. The van der Waals surface area contributed by atoms with E-state index in [0.29, 0.717) is 0 Å². The number of benzene rings is 1. The van der Waals surface area contributed by atoms with Crippen LogP contribution in [0.3, 0.4) is 0 Å². The monoisotopic (exact) mass is 355 g/mol. The Labute approximate surface area is 131 Å². The molecule has 0 aromatic heterocycles. The molecule has 1 aromatic rings. The number of ether oxygens (including phenoxy) is 2. The van der Waals surface area contributed by atoms with Gasteiger partial charge in [-0.1, -0.05) is 0 Å². The number of carbonyl (C=O) groups excluding carboxylic acids is 1. The third-order valence-corrected chi connectivity index (χ3v) is 3.54. The van der Waals surface area contributed by atoms with Gasteiger partial charge in [0, 0.05) is 0 Å². The summed E-state index contributed by atoms with van der Waals surface area (Å²) in [5.74, 6) is -1.28. The SMILES string of the molecule is CC(C)OC(=O)CN(c1ccc(OC(F)(F)F)cc1)S(C)(=O)=O. The minimum absolute atomic E-state index is 0.0164. The van der Waals surface area contributed by atoms with E-state index in [2.05, 4.69) is 4.74 Å². The van der Waals surface area contributed by atoms with Crippen molar-refractivity contribution in [2.24, 2.45) is 0 Å². The summed E-state index contributed by atoms with van der Waals surface area (Å²) >= 11 is 0. The Kier molecular flexibility index (Phi) is 5.86. The molecule has 0 spiro atoms. The number of alkyl halides is 3. The molecule has 0 amide bonds. The van der Waals surface area contributed by atoms with Crippen molar-refractivity contribution in [3.8, 4) is 5.75 Å². The van der Waals surface area contributed by atoms with Crippen molar-refractivity contribution in [3.63, 3.8) is 0 Å². The molecule has 0 aliphatic carbocycles. The van der Waals surface area contributed by atoms with Crippen molar-refractivity contribution in [3.05, 3.63) is 24.3 Å². The predicted molar refractivity (Wildman–Crippen MR) is 76.5 cm³/mol. The molecule has 0 atom stereocenters. The van der Waals surface area contributed by atoms with Crippen LogP contribution in [0.15, 0.2) is 24.3 Å². The van der Waals surface area contributed by atoms with Gasteiger partial charge >= 0.3 is 12.3 Å². The van der Waals surface area contributed by atoms with Crippen molar-refractivity contribution in [1.29, 1.82) is 0 Å². The molecule has 0 unspecified atom stereocenters. The highest BCUT2D eigenvalue weighted by atomic mass is 32.2. The van der Waals surface area contributed by atoms with E-state index in [4.69, 9.17) is 4.74 Å². The molecular weight excluding hydrogens is 339 g/mol. The standard InChI is InChI=1S/C13H16F3NO5S/c1-9(2)21-12(18)8-17(23(3,19)20)10-4-6-11(7-5-10)22-13(14,15)16/h4-7,9H,8H2,1-3H3. The highest BCUT2D eigenvalue weighted by molar-refractivity contribution is 7.92. The molecule has 0 heterocycles. The summed E-state index contributed by atoms with van der Waals surface area (Å²) in [6, 6.07) is 4.11. The van der Waals surface area contributed by atoms with Gasteiger partial charge in [-0.2, -0.15) is 0 Å². The van der Waals surface area contributed by atoms with E-state index < -0.39 is 40.8 Å². The Balaban J connectivity index is 2.98. The molecule has 0 aliphatic heterocycles. The first-order valence-corrected chi connectivity index (χ1v) is 8.26. The van der Waals surface area contributed by atoms with Crippen LogP contribution < -0.4 is 9.04 Å². The lowest BCUT2D eigenvalue weighted by atomic mass is 10.3. The number of sulfonamides is 1. The van der Waals surface area contributed by atoms with E-state index in [1.807, 2.05) is 0 Å². The second kappa shape index (κ2) is 7.07. The van der Waals surface area contributed by atoms with E-state index in [9.17, 15) is 26.4 Å². The topological polar surface area (TPSA) is 72.9 Å². The Morgan fingerprint density at radius 3 is 2.13 bits per heavy atom. The minimum Gasteiger partial charge on any atom is -0.462 e. The molecule has 1 aromatic carbocycles. The van der Waals surface area contributed by atoms with Crippen molar-refractivity contribution >= 4 is 21.7 Å². The summed E-state index contributed by atoms with van der Waals surface area (Å²) in [5, 5.41) is 0. The fourth-order valence-electron chi connectivity index (χ4n) is 1.63. The number of hydrogen-bond acceptors (Lipinski definition) is 5. The third kappa shape index (κ3) is 6.76. The highest BCUT2D eigenvalue weighted by Crippen LogP contribution is 2.26. The lowest BCUT2D eigenvalue weighted by Gasteiger charge is -2.22. The van der Waals surface area contributed by atoms with Crippen LogP contribution in [0.25, 0.3) is 0 Å². The van der Waals surface area contributed by atoms with E-state index in [1.54, 1.807) is 13.8 Å². The minimum atomic E-state index is -4.85. The lowest BCUT2D eigenvalue weighted by Crippen LogP contribution is -2.36. The van der Waals surface area contributed by atoms with Gasteiger partial charge in [-0.15, -0.1) is 13.2 Å². The predicted octanol–water partition coefficient (Wildman–Crippen LogP) is 2.30. The van der Waals surface area contributed by atoms with Gasteiger partial charge in [-0.05, 0) is 38.1 Å². The van der Waals surface area contributed by atoms with Crippen LogP contribution in [0.5, 0.6) is 5.75 Å². The maximum absolute atomic E-state index is 12.1. The summed E-state index contributed by atoms with van der Waals surface area (Å²) in [5.41, 5.74) is 0.0164. The van der Waals surface area contributed by atoms with Gasteiger partial charge in [0.1, 0.15) is 12.3 Å². The fraction of sp³-hybridized carbons (Fsp3) is 0.462. The quantitative estimate of drug-likeness (QED) is 0.732. The van der Waals surface area contributed by atoms with Gasteiger partial charge in [0.25, 0.3) is 0 Å². The van der Waals surface area contributed by atoms with Crippen LogP contribution in [0.2, 0.25) is 0 Å². The first-order chi connectivity index (χ1) is 10.4. The van der Waals surface area contributed by atoms with Crippen LogP contribution in [0.4, 0.5) is 18.9 Å². The van der Waals surface area contributed by atoms with Crippen molar-refractivity contribution in [1.82, 2.24) is 0 Å². The molecule has 10 heteroatoms. The lowest BCUT2D eigenvalue weighted by molar-refractivity contribution is -0.274. The molecule has 0 fully saturated rings. The van der Waals surface area contributed by atoms with Gasteiger partial charge < -0.3 is 9.47 Å². The summed E-state index contributed by atoms with van der Waals surface area (Å²) in [6.07, 6.45) is -4.40. The van der Waals surface area contributed by atoms with Gasteiger partial charge in [-0.3, -0.25) is 9.10 Å². The summed E-state index contributed by atoms with van der Waals surface area (Å²) in [6.45, 7) is 2.62. The Hall–Kier alpha value is -1.97. The van der Waals surface area contributed by atoms with Crippen molar-refractivity contribution in [2.45, 2.75) is 26.3 Å². The van der Waals surface area contributed by atoms with Crippen LogP contribution in [0.1, 0.15) is 13.8 Å². The number of hydrogen-bond donors (Lipinski definition) is 0. The first kappa shape index (κ1) is 19.1. The first-order valence-electron chi connectivity index (χ1n) is 6.41. The summed E-state index contributed by atoms with van der Waals surface area (Å²) < 4.78 is 69.1. The average Bonchev–Trinajstić information content (AvgIpc) is 2.33. The number of nitrogens with zero attached hydrogens (tertiary/aromatic N) is 1. The third-order valence-electron chi connectivity index (χ3n) is 2.40. The van der Waals surface area contributed by atoms with E-state index in [0.717, 1.165) is 34.8 Å². The second-order valence-electron chi connectivity index (χ2n) is 4.85. The molecule has 0 N–H and O–H groups in total. The Morgan fingerprint density at radius 1 is 1.22 bits per heavy atom. The second-order valence-corrected chi connectivity index (χ2v) is 6.76. The zero-order valence-corrected chi connectivity index (χ0v) is 13.4. The van der Waals surface area contributed by atoms with Crippen LogP contribution in [0, 0.1) is 0 Å². The van der Waals surface area contributed by atoms with Gasteiger partial charge in [0.05, 0.1) is 18.0 Å². The normalized spacial score (nSPS) is 12.1. The number of rotatable bonds is 6. The van der Waals surface area contributed by atoms with Crippen molar-refractivity contribution < 1.29 is 35.9 Å². The maximum Gasteiger partial charge on any atom is 0.573 e. The largest absolute Gasteiger partial charge is 0.573 e. The average molecular weight is 355 g/mol. The molecule has 0 saturated heterocycles. The number of carbonyl (C=O) groups is 1. The zero-order valence-electron chi connectivity index (χ0n) is 12.6. The smallest absolute Gasteiger partial charge is 0.462 e. The van der Waals surface area contributed by atoms with Crippen LogP contribution in [-0.2, 0) is 19.6 Å². The van der Waals surface area contributed by atoms with Gasteiger partial charge in [0.15, 0.2) is 0 Å². The molecule has 0 aliphatic rings. The zero-order chi connectivity index (χ0) is 17.8. The van der Waals surface area contributed by atoms with Gasteiger partial charge in [-0.25, -0.2) is 8.42 Å². The highest BCUT2D eigenvalue weighted by Gasteiger charge is 2.31. The van der Waals surface area contributed by atoms with Crippen LogP contribution >= 0.6 is 0 Å². The van der Waals surface area contributed by atoms with Crippen LogP contribution in [-0.4, -0.2) is 39.7 Å². The molecule has 130 valence electrons. The fourth-order valence-corrected chi connectivity index (χ4v) is 2.48. The summed E-state index contributed by atoms with van der Waals surface area (Å²) in [7, 11) is -3.83. The summed E-state index contributed by atoms with van der Waals surface area (Å²) in [4.78, 5) is 11.6. The number of esters is 1. The van der Waals surface area contributed by atoms with E-state index in [-0.39, 0.29) is 5.69 Å². The van der Waals surface area contributed by atoms with Gasteiger partial charge in [0.2, 0.25) is 10.0 Å². The number of anilines is 1. The Bertz CT molecular complexity index is 641. The molecule has 0 bridgehead atoms. The van der Waals surface area contributed by atoms with Crippen molar-refractivity contribution in [2.75, 3.05) is 17.1 Å². The molecule has 1 rings (SSSR count). The molecule has 0 radical (unpaired) electrons. The molecule has 0 saturated carbocycles. The molecular formula is C13H16F3NO5S. The van der Waals surface area contributed by atoms with E-state index >= 15 is 0 Å². The molecule has 6 nitrogen and oxygen atoms in total. The Morgan fingerprint density at radius 2 is 1.74 bits per heavy atom. The number of halogens is 3. The van der Waals surface area contributed by atoms with E-state index in [1.165, 1.54) is 0 Å². The maximum atomic E-state index is 12.1.